The molecule has 19 heavy (non-hydrogen) atoms. The Kier molecular flexibility index (Phi) is 5.30. The highest BCUT2D eigenvalue weighted by molar-refractivity contribution is 7.11. The second-order valence-electron chi connectivity index (χ2n) is 4.76. The van der Waals surface area contributed by atoms with Crippen LogP contribution in [-0.2, 0) is 27.4 Å². The summed E-state index contributed by atoms with van der Waals surface area (Å²) in [7, 11) is 1.65. The Morgan fingerprint density at radius 1 is 1.63 bits per heavy atom. The fourth-order valence-electron chi connectivity index (χ4n) is 2.10. The third-order valence-electron chi connectivity index (χ3n) is 3.15. The standard InChI is InChI=1S/C13H20N2O3S/c1-9-11(19-13(15-9)8-17-2)6-14-12(16)5-10-3-4-18-7-10/h10H,3-8H2,1-2H3,(H,14,16). The van der Waals surface area contributed by atoms with Crippen LogP contribution >= 0.6 is 11.3 Å². The Balaban J connectivity index is 1.79. The van der Waals surface area contributed by atoms with Crippen molar-refractivity contribution in [3.63, 3.8) is 0 Å². The number of amides is 1. The quantitative estimate of drug-likeness (QED) is 0.862. The molecule has 0 spiro atoms. The number of nitrogens with zero attached hydrogens (tertiary/aromatic N) is 1. The van der Waals surface area contributed by atoms with Crippen LogP contribution in [0.1, 0.15) is 28.4 Å². The molecule has 1 atom stereocenters. The van der Waals surface area contributed by atoms with Crippen molar-refractivity contribution in [1.29, 1.82) is 0 Å². The van der Waals surface area contributed by atoms with Crippen LogP contribution in [0.3, 0.4) is 0 Å². The maximum atomic E-state index is 11.8. The molecule has 1 aliphatic rings. The van der Waals surface area contributed by atoms with E-state index in [-0.39, 0.29) is 5.91 Å². The van der Waals surface area contributed by atoms with Gasteiger partial charge in [-0.2, -0.15) is 0 Å². The van der Waals surface area contributed by atoms with Crippen LogP contribution in [-0.4, -0.2) is 31.2 Å². The Hall–Kier alpha value is -0.980. The summed E-state index contributed by atoms with van der Waals surface area (Å²) < 4.78 is 10.3. The summed E-state index contributed by atoms with van der Waals surface area (Å²) in [6.07, 6.45) is 1.55. The largest absolute Gasteiger partial charge is 0.381 e. The molecule has 1 unspecified atom stereocenters. The Labute approximate surface area is 117 Å². The zero-order valence-corrected chi connectivity index (χ0v) is 12.2. The predicted octanol–water partition coefficient (Wildman–Crippen LogP) is 1.64. The van der Waals surface area contributed by atoms with E-state index in [0.717, 1.165) is 28.6 Å². The number of hydrogen-bond acceptors (Lipinski definition) is 5. The molecule has 0 aliphatic carbocycles. The van der Waals surface area contributed by atoms with E-state index in [0.29, 0.717) is 32.1 Å². The van der Waals surface area contributed by atoms with Crippen LogP contribution in [0, 0.1) is 12.8 Å². The lowest BCUT2D eigenvalue weighted by Crippen LogP contribution is -2.25. The van der Waals surface area contributed by atoms with Crippen molar-refractivity contribution in [2.45, 2.75) is 32.9 Å². The summed E-state index contributed by atoms with van der Waals surface area (Å²) in [5, 5.41) is 3.91. The highest BCUT2D eigenvalue weighted by Gasteiger charge is 2.19. The Morgan fingerprint density at radius 2 is 2.47 bits per heavy atom. The minimum atomic E-state index is 0.0941. The predicted molar refractivity (Wildman–Crippen MR) is 73.0 cm³/mol. The first-order valence-electron chi connectivity index (χ1n) is 6.47. The second-order valence-corrected chi connectivity index (χ2v) is 5.93. The minimum Gasteiger partial charge on any atom is -0.381 e. The van der Waals surface area contributed by atoms with Crippen molar-refractivity contribution >= 4 is 17.2 Å². The van der Waals surface area contributed by atoms with Gasteiger partial charge in [0.15, 0.2) is 0 Å². The van der Waals surface area contributed by atoms with E-state index in [4.69, 9.17) is 9.47 Å². The molecule has 1 amide bonds. The van der Waals surface area contributed by atoms with Crippen molar-refractivity contribution in [1.82, 2.24) is 10.3 Å². The SMILES string of the molecule is COCc1nc(C)c(CNC(=O)CC2CCOC2)s1. The number of carbonyl (C=O) groups is 1. The lowest BCUT2D eigenvalue weighted by Gasteiger charge is -2.07. The molecule has 5 nitrogen and oxygen atoms in total. The third kappa shape index (κ3) is 4.26. The maximum absolute atomic E-state index is 11.8. The van der Waals surface area contributed by atoms with E-state index in [9.17, 15) is 4.79 Å². The first kappa shape index (κ1) is 14.4. The molecule has 1 aromatic rings. The summed E-state index contributed by atoms with van der Waals surface area (Å²) in [6, 6.07) is 0. The lowest BCUT2D eigenvalue weighted by atomic mass is 10.1. The van der Waals surface area contributed by atoms with Crippen LogP contribution in [0.5, 0.6) is 0 Å². The number of rotatable bonds is 6. The average Bonchev–Trinajstić information content (AvgIpc) is 2.97. The molecule has 2 heterocycles. The van der Waals surface area contributed by atoms with Gasteiger partial charge in [-0.25, -0.2) is 4.98 Å². The second kappa shape index (κ2) is 6.98. The maximum Gasteiger partial charge on any atom is 0.220 e. The van der Waals surface area contributed by atoms with Gasteiger partial charge in [0.05, 0.1) is 18.8 Å². The first-order valence-corrected chi connectivity index (χ1v) is 7.29. The normalized spacial score (nSPS) is 18.7. The highest BCUT2D eigenvalue weighted by atomic mass is 32.1. The average molecular weight is 284 g/mol. The van der Waals surface area contributed by atoms with Crippen LogP contribution < -0.4 is 5.32 Å². The number of thiazole rings is 1. The highest BCUT2D eigenvalue weighted by Crippen LogP contribution is 2.19. The van der Waals surface area contributed by atoms with E-state index in [1.54, 1.807) is 18.4 Å². The van der Waals surface area contributed by atoms with Gasteiger partial charge in [-0.15, -0.1) is 11.3 Å². The zero-order chi connectivity index (χ0) is 13.7. The Bertz CT molecular complexity index is 428. The summed E-state index contributed by atoms with van der Waals surface area (Å²) in [5.74, 6) is 0.475. The van der Waals surface area contributed by atoms with Gasteiger partial charge in [-0.3, -0.25) is 4.79 Å². The minimum absolute atomic E-state index is 0.0941. The molecular formula is C13H20N2O3S. The first-order chi connectivity index (χ1) is 9.19. The smallest absolute Gasteiger partial charge is 0.220 e. The zero-order valence-electron chi connectivity index (χ0n) is 11.4. The van der Waals surface area contributed by atoms with Gasteiger partial charge < -0.3 is 14.8 Å². The fraction of sp³-hybridized carbons (Fsp3) is 0.692. The number of aryl methyl sites for hydroxylation is 1. The van der Waals surface area contributed by atoms with Gasteiger partial charge in [0.25, 0.3) is 0 Å². The molecule has 1 aromatic heterocycles. The van der Waals surface area contributed by atoms with Crippen LogP contribution in [0.25, 0.3) is 0 Å². The fourth-order valence-corrected chi connectivity index (χ4v) is 3.08. The molecule has 1 fully saturated rings. The number of methoxy groups -OCH3 is 1. The van der Waals surface area contributed by atoms with Crippen molar-refractivity contribution in [2.24, 2.45) is 5.92 Å². The van der Waals surface area contributed by atoms with E-state index >= 15 is 0 Å². The van der Waals surface area contributed by atoms with Crippen molar-refractivity contribution in [3.05, 3.63) is 15.6 Å². The van der Waals surface area contributed by atoms with Gasteiger partial charge in [0, 0.05) is 31.6 Å². The molecule has 1 aliphatic heterocycles. The summed E-state index contributed by atoms with van der Waals surface area (Å²) in [4.78, 5) is 17.3. The molecule has 6 heteroatoms. The van der Waals surface area contributed by atoms with Crippen molar-refractivity contribution in [2.75, 3.05) is 20.3 Å². The number of carbonyl (C=O) groups excluding carboxylic acids is 1. The van der Waals surface area contributed by atoms with Gasteiger partial charge in [0.2, 0.25) is 5.91 Å². The van der Waals surface area contributed by atoms with Crippen molar-refractivity contribution < 1.29 is 14.3 Å². The molecule has 0 bridgehead atoms. The number of ether oxygens (including phenoxy) is 2. The monoisotopic (exact) mass is 284 g/mol. The molecule has 0 aromatic carbocycles. The van der Waals surface area contributed by atoms with Crippen LogP contribution in [0.2, 0.25) is 0 Å². The van der Waals surface area contributed by atoms with Crippen LogP contribution in [0.4, 0.5) is 0 Å². The van der Waals surface area contributed by atoms with E-state index < -0.39 is 0 Å². The topological polar surface area (TPSA) is 60.5 Å². The van der Waals surface area contributed by atoms with E-state index in [2.05, 4.69) is 10.3 Å². The number of hydrogen-bond donors (Lipinski definition) is 1. The van der Waals surface area contributed by atoms with E-state index in [1.807, 2.05) is 6.92 Å². The number of aromatic nitrogens is 1. The molecule has 106 valence electrons. The lowest BCUT2D eigenvalue weighted by molar-refractivity contribution is -0.122. The van der Waals surface area contributed by atoms with Gasteiger partial charge in [-0.05, 0) is 19.3 Å². The molecule has 0 radical (unpaired) electrons. The van der Waals surface area contributed by atoms with Gasteiger partial charge >= 0.3 is 0 Å². The van der Waals surface area contributed by atoms with E-state index in [1.165, 1.54) is 0 Å². The molecular weight excluding hydrogens is 264 g/mol. The third-order valence-corrected chi connectivity index (χ3v) is 4.28. The molecule has 1 saturated heterocycles. The van der Waals surface area contributed by atoms with Gasteiger partial charge in [-0.1, -0.05) is 0 Å². The summed E-state index contributed by atoms with van der Waals surface area (Å²) in [6.45, 7) is 4.54. The van der Waals surface area contributed by atoms with Crippen molar-refractivity contribution in [3.8, 4) is 0 Å². The number of nitrogens with one attached hydrogen (secondary N) is 1. The molecule has 2 rings (SSSR count). The summed E-state index contributed by atoms with van der Waals surface area (Å²) in [5.41, 5.74) is 0.974. The molecule has 0 saturated carbocycles. The Morgan fingerprint density at radius 3 is 3.16 bits per heavy atom. The van der Waals surface area contributed by atoms with Crippen LogP contribution in [0.15, 0.2) is 0 Å². The summed E-state index contributed by atoms with van der Waals surface area (Å²) >= 11 is 1.59. The van der Waals surface area contributed by atoms with Gasteiger partial charge in [0.1, 0.15) is 5.01 Å². The molecule has 1 N–H and O–H groups in total.